The second-order valence-corrected chi connectivity index (χ2v) is 7.30. The molecule has 0 unspecified atom stereocenters. The molecule has 1 aromatic rings. The van der Waals surface area contributed by atoms with E-state index in [2.05, 4.69) is 5.32 Å². The topological polar surface area (TPSA) is 79.0 Å². The van der Waals surface area contributed by atoms with E-state index in [4.69, 9.17) is 4.74 Å². The monoisotopic (exact) mass is 387 g/mol. The first kappa shape index (κ1) is 20.3. The van der Waals surface area contributed by atoms with E-state index in [1.54, 1.807) is 21.9 Å². The third-order valence-electron chi connectivity index (χ3n) is 5.29. The third-order valence-corrected chi connectivity index (χ3v) is 5.29. The summed E-state index contributed by atoms with van der Waals surface area (Å²) in [5.74, 6) is -0.0482. The highest BCUT2D eigenvalue weighted by molar-refractivity contribution is 5.95. The van der Waals surface area contributed by atoms with Crippen molar-refractivity contribution < 1.29 is 19.1 Å². The zero-order chi connectivity index (χ0) is 19.9. The maximum absolute atomic E-state index is 12.7. The van der Waals surface area contributed by atoms with Crippen LogP contribution in [0.2, 0.25) is 0 Å². The fourth-order valence-electron chi connectivity index (χ4n) is 3.77. The number of hydrogen-bond donors (Lipinski definition) is 1. The van der Waals surface area contributed by atoms with E-state index in [1.807, 2.05) is 19.1 Å². The molecule has 2 aliphatic heterocycles. The van der Waals surface area contributed by atoms with Crippen LogP contribution >= 0.6 is 0 Å². The second kappa shape index (κ2) is 9.68. The van der Waals surface area contributed by atoms with Crippen LogP contribution < -0.4 is 5.32 Å². The van der Waals surface area contributed by atoms with Gasteiger partial charge in [-0.2, -0.15) is 0 Å². The molecule has 0 radical (unpaired) electrons. The molecule has 1 N–H and O–H groups in total. The van der Waals surface area contributed by atoms with E-state index in [-0.39, 0.29) is 30.3 Å². The number of carbonyl (C=O) groups excluding carboxylic acids is 3. The van der Waals surface area contributed by atoms with Crippen LogP contribution in [0.25, 0.3) is 0 Å². The Balaban J connectivity index is 1.53. The molecular formula is C21H29N3O4. The Labute approximate surface area is 166 Å². The Morgan fingerprint density at radius 1 is 1.21 bits per heavy atom. The number of ether oxygens (including phenoxy) is 1. The Morgan fingerprint density at radius 3 is 2.75 bits per heavy atom. The molecule has 2 saturated heterocycles. The van der Waals surface area contributed by atoms with E-state index < -0.39 is 0 Å². The van der Waals surface area contributed by atoms with Gasteiger partial charge in [-0.1, -0.05) is 12.1 Å². The van der Waals surface area contributed by atoms with Crippen LogP contribution in [-0.4, -0.2) is 66.4 Å². The highest BCUT2D eigenvalue weighted by atomic mass is 16.5. The van der Waals surface area contributed by atoms with Gasteiger partial charge in [0.2, 0.25) is 11.8 Å². The standard InChI is InChI=1S/C21H29N3O4/c1-2-28-13-5-11-22-20(26)17-9-7-16(8-10-17)14-23-15-19(25)24-12-4-3-6-18(24)21(23)27/h7-10,18H,2-6,11-15H2,1H3,(H,22,26)/t18-/m0/s1. The average Bonchev–Trinajstić information content (AvgIpc) is 2.72. The molecule has 0 aliphatic carbocycles. The molecule has 3 amide bonds. The molecule has 152 valence electrons. The maximum atomic E-state index is 12.7. The summed E-state index contributed by atoms with van der Waals surface area (Å²) in [5, 5.41) is 2.87. The first-order valence-corrected chi connectivity index (χ1v) is 10.1. The summed E-state index contributed by atoms with van der Waals surface area (Å²) in [7, 11) is 0. The first-order chi connectivity index (χ1) is 13.6. The summed E-state index contributed by atoms with van der Waals surface area (Å²) in [4.78, 5) is 40.6. The molecule has 28 heavy (non-hydrogen) atoms. The normalized spacial score (nSPS) is 19.5. The lowest BCUT2D eigenvalue weighted by Crippen LogP contribution is -2.60. The van der Waals surface area contributed by atoms with Crippen LogP contribution in [0.4, 0.5) is 0 Å². The number of amides is 3. The van der Waals surface area contributed by atoms with Crippen LogP contribution in [0.3, 0.4) is 0 Å². The maximum Gasteiger partial charge on any atom is 0.251 e. The Kier molecular flexibility index (Phi) is 7.03. The molecular weight excluding hydrogens is 358 g/mol. The van der Waals surface area contributed by atoms with Gasteiger partial charge in [0.1, 0.15) is 12.6 Å². The molecule has 2 heterocycles. The Bertz CT molecular complexity index is 704. The van der Waals surface area contributed by atoms with Crippen molar-refractivity contribution in [3.8, 4) is 0 Å². The Hall–Kier alpha value is -2.41. The van der Waals surface area contributed by atoms with Crippen molar-refractivity contribution >= 4 is 17.7 Å². The lowest BCUT2D eigenvalue weighted by molar-refractivity contribution is -0.158. The van der Waals surface area contributed by atoms with Gasteiger partial charge in [-0.15, -0.1) is 0 Å². The van der Waals surface area contributed by atoms with Crippen molar-refractivity contribution in [2.45, 2.75) is 45.2 Å². The quantitative estimate of drug-likeness (QED) is 0.687. The molecule has 0 saturated carbocycles. The highest BCUT2D eigenvalue weighted by Gasteiger charge is 2.40. The first-order valence-electron chi connectivity index (χ1n) is 10.1. The molecule has 0 aromatic heterocycles. The van der Waals surface area contributed by atoms with Gasteiger partial charge in [0.25, 0.3) is 5.91 Å². The van der Waals surface area contributed by atoms with Crippen LogP contribution in [0.1, 0.15) is 48.5 Å². The summed E-state index contributed by atoms with van der Waals surface area (Å²) >= 11 is 0. The van der Waals surface area contributed by atoms with Gasteiger partial charge < -0.3 is 19.9 Å². The largest absolute Gasteiger partial charge is 0.382 e. The predicted molar refractivity (Wildman–Crippen MR) is 105 cm³/mol. The molecule has 7 nitrogen and oxygen atoms in total. The lowest BCUT2D eigenvalue weighted by atomic mass is 9.98. The number of nitrogens with zero attached hydrogens (tertiary/aromatic N) is 2. The molecule has 2 aliphatic rings. The van der Waals surface area contributed by atoms with Crippen molar-refractivity contribution in [1.82, 2.24) is 15.1 Å². The van der Waals surface area contributed by atoms with Gasteiger partial charge in [-0.05, 0) is 50.3 Å². The summed E-state index contributed by atoms with van der Waals surface area (Å²) < 4.78 is 5.25. The molecule has 0 spiro atoms. The van der Waals surface area contributed by atoms with Crippen molar-refractivity contribution in [2.24, 2.45) is 0 Å². The molecule has 7 heteroatoms. The van der Waals surface area contributed by atoms with Gasteiger partial charge in [0.15, 0.2) is 0 Å². The minimum atomic E-state index is -0.295. The van der Waals surface area contributed by atoms with Crippen LogP contribution in [0, 0.1) is 0 Å². The van der Waals surface area contributed by atoms with E-state index in [9.17, 15) is 14.4 Å². The minimum Gasteiger partial charge on any atom is -0.382 e. The molecule has 2 fully saturated rings. The fraction of sp³-hybridized carbons (Fsp3) is 0.571. The minimum absolute atomic E-state index is 0.0346. The number of nitrogens with one attached hydrogen (secondary N) is 1. The molecule has 1 aromatic carbocycles. The third kappa shape index (κ3) is 4.90. The van der Waals surface area contributed by atoms with Gasteiger partial charge in [0.05, 0.1) is 0 Å². The van der Waals surface area contributed by atoms with Crippen LogP contribution in [0.15, 0.2) is 24.3 Å². The number of rotatable bonds is 8. The number of benzene rings is 1. The van der Waals surface area contributed by atoms with Gasteiger partial charge >= 0.3 is 0 Å². The zero-order valence-corrected chi connectivity index (χ0v) is 16.5. The Morgan fingerprint density at radius 2 is 2.00 bits per heavy atom. The zero-order valence-electron chi connectivity index (χ0n) is 16.5. The van der Waals surface area contributed by atoms with Crippen molar-refractivity contribution in [2.75, 3.05) is 32.8 Å². The summed E-state index contributed by atoms with van der Waals surface area (Å²) in [6.45, 7) is 5.05. The second-order valence-electron chi connectivity index (χ2n) is 7.30. The molecule has 0 bridgehead atoms. The average molecular weight is 387 g/mol. The highest BCUT2D eigenvalue weighted by Crippen LogP contribution is 2.24. The number of piperazine rings is 1. The lowest BCUT2D eigenvalue weighted by Gasteiger charge is -2.42. The number of hydrogen-bond acceptors (Lipinski definition) is 4. The van der Waals surface area contributed by atoms with Crippen LogP contribution in [-0.2, 0) is 20.9 Å². The number of piperidine rings is 1. The van der Waals surface area contributed by atoms with E-state index in [1.165, 1.54) is 0 Å². The van der Waals surface area contributed by atoms with Crippen LogP contribution in [0.5, 0.6) is 0 Å². The van der Waals surface area contributed by atoms with Gasteiger partial charge in [0, 0.05) is 38.4 Å². The van der Waals surface area contributed by atoms with Crippen molar-refractivity contribution in [3.05, 3.63) is 35.4 Å². The van der Waals surface area contributed by atoms with Gasteiger partial charge in [-0.25, -0.2) is 0 Å². The van der Waals surface area contributed by atoms with Crippen molar-refractivity contribution in [3.63, 3.8) is 0 Å². The SMILES string of the molecule is CCOCCCNC(=O)c1ccc(CN2CC(=O)N3CCCC[C@H]3C2=O)cc1. The fourth-order valence-corrected chi connectivity index (χ4v) is 3.77. The summed E-state index contributed by atoms with van der Waals surface area (Å²) in [6, 6.07) is 6.92. The summed E-state index contributed by atoms with van der Waals surface area (Å²) in [6.07, 6.45) is 3.50. The molecule has 1 atom stereocenters. The van der Waals surface area contributed by atoms with Crippen molar-refractivity contribution in [1.29, 1.82) is 0 Å². The predicted octanol–water partition coefficient (Wildman–Crippen LogP) is 1.57. The number of carbonyl (C=O) groups is 3. The molecule has 3 rings (SSSR count). The van der Waals surface area contributed by atoms with E-state index in [0.29, 0.717) is 38.4 Å². The van der Waals surface area contributed by atoms with Gasteiger partial charge in [-0.3, -0.25) is 14.4 Å². The summed E-state index contributed by atoms with van der Waals surface area (Å²) in [5.41, 5.74) is 1.50. The smallest absolute Gasteiger partial charge is 0.251 e. The van der Waals surface area contributed by atoms with E-state index >= 15 is 0 Å². The number of fused-ring (bicyclic) bond motifs is 1. The van der Waals surface area contributed by atoms with E-state index in [0.717, 1.165) is 31.2 Å².